The highest BCUT2D eigenvalue weighted by Gasteiger charge is 2.07. The van der Waals surface area contributed by atoms with E-state index in [9.17, 15) is 0 Å². The van der Waals surface area contributed by atoms with Gasteiger partial charge in [0.15, 0.2) is 0 Å². The molecule has 1 rings (SSSR count). The van der Waals surface area contributed by atoms with Crippen LogP contribution in [0.2, 0.25) is 0 Å². The van der Waals surface area contributed by atoms with Gasteiger partial charge >= 0.3 is 0 Å². The quantitative estimate of drug-likeness (QED) is 0.780. The summed E-state index contributed by atoms with van der Waals surface area (Å²) in [6, 6.07) is 8.73. The van der Waals surface area contributed by atoms with Crippen LogP contribution in [0.4, 0.5) is 0 Å². The van der Waals surface area contributed by atoms with E-state index in [0.29, 0.717) is 6.04 Å². The lowest BCUT2D eigenvalue weighted by Crippen LogP contribution is -2.35. The highest BCUT2D eigenvalue weighted by Crippen LogP contribution is 2.17. The fourth-order valence-electron chi connectivity index (χ4n) is 1.85. The molecule has 0 aliphatic carbocycles. The molecule has 1 N–H and O–H groups in total. The van der Waals surface area contributed by atoms with Crippen molar-refractivity contribution in [1.29, 1.82) is 0 Å². The van der Waals surface area contributed by atoms with Gasteiger partial charge in [0.2, 0.25) is 0 Å². The summed E-state index contributed by atoms with van der Waals surface area (Å²) in [7, 11) is 0. The number of hydrogen-bond donors (Lipinski definition) is 1. The molecule has 2 nitrogen and oxygen atoms in total. The molecule has 0 bridgehead atoms. The number of para-hydroxylation sites is 1. The van der Waals surface area contributed by atoms with Gasteiger partial charge in [-0.25, -0.2) is 0 Å². The van der Waals surface area contributed by atoms with Crippen LogP contribution in [0.5, 0.6) is 5.75 Å². The molecule has 2 heteroatoms. The van der Waals surface area contributed by atoms with Crippen LogP contribution in [0.3, 0.4) is 0 Å². The van der Waals surface area contributed by atoms with Gasteiger partial charge in [-0.1, -0.05) is 31.5 Å². The van der Waals surface area contributed by atoms with Crippen LogP contribution in [0.1, 0.15) is 39.2 Å². The summed E-state index contributed by atoms with van der Waals surface area (Å²) >= 11 is 0. The lowest BCUT2D eigenvalue weighted by Gasteiger charge is -2.19. The zero-order chi connectivity index (χ0) is 12.7. The van der Waals surface area contributed by atoms with Crippen LogP contribution in [-0.2, 0) is 0 Å². The van der Waals surface area contributed by atoms with Gasteiger partial charge in [-0.15, -0.1) is 0 Å². The summed E-state index contributed by atoms with van der Waals surface area (Å²) in [5.74, 6) is 0.991. The molecule has 0 radical (unpaired) electrons. The topological polar surface area (TPSA) is 21.3 Å². The Balaban J connectivity index is 2.34. The Kier molecular flexibility index (Phi) is 6.06. The molecule has 0 aromatic heterocycles. The van der Waals surface area contributed by atoms with Gasteiger partial charge in [-0.3, -0.25) is 0 Å². The van der Waals surface area contributed by atoms with Gasteiger partial charge < -0.3 is 10.1 Å². The lowest BCUT2D eigenvalue weighted by molar-refractivity contribution is 0.210. The summed E-state index contributed by atoms with van der Waals surface area (Å²) in [4.78, 5) is 0. The molecule has 17 heavy (non-hydrogen) atoms. The van der Waals surface area contributed by atoms with Gasteiger partial charge in [0, 0.05) is 12.6 Å². The maximum absolute atomic E-state index is 5.91. The molecular weight excluding hydrogens is 210 g/mol. The minimum atomic E-state index is 0.204. The summed E-state index contributed by atoms with van der Waals surface area (Å²) in [6.07, 6.45) is 2.65. The number of aryl methyl sites for hydroxylation is 1. The fraction of sp³-hybridized carbons (Fsp3) is 0.600. The van der Waals surface area contributed by atoms with Crippen molar-refractivity contribution in [3.05, 3.63) is 29.8 Å². The average molecular weight is 235 g/mol. The number of nitrogens with one attached hydrogen (secondary N) is 1. The first kappa shape index (κ1) is 14.0. The summed E-state index contributed by atoms with van der Waals surface area (Å²) in [5.41, 5.74) is 1.20. The Labute approximate surface area is 105 Å². The predicted molar refractivity (Wildman–Crippen MR) is 73.6 cm³/mol. The Morgan fingerprint density at radius 2 is 1.94 bits per heavy atom. The van der Waals surface area contributed by atoms with Crippen molar-refractivity contribution in [1.82, 2.24) is 5.32 Å². The molecule has 96 valence electrons. The third-order valence-corrected chi connectivity index (χ3v) is 2.90. The maximum atomic E-state index is 5.91. The number of hydrogen-bond acceptors (Lipinski definition) is 2. The van der Waals surface area contributed by atoms with Crippen molar-refractivity contribution in [2.75, 3.05) is 6.54 Å². The standard InChI is InChI=1S/C15H25NO/c1-5-8-13(3)16-11-14(4)17-15-10-7-6-9-12(15)2/h6-7,9-10,13-14,16H,5,8,11H2,1-4H3. The van der Waals surface area contributed by atoms with Crippen molar-refractivity contribution in [2.24, 2.45) is 0 Å². The van der Waals surface area contributed by atoms with E-state index in [2.05, 4.69) is 39.1 Å². The molecule has 2 atom stereocenters. The molecule has 1 aromatic carbocycles. The van der Waals surface area contributed by atoms with Crippen molar-refractivity contribution in [2.45, 2.75) is 52.7 Å². The highest BCUT2D eigenvalue weighted by molar-refractivity contribution is 5.31. The van der Waals surface area contributed by atoms with E-state index in [4.69, 9.17) is 4.74 Å². The van der Waals surface area contributed by atoms with Crippen LogP contribution in [-0.4, -0.2) is 18.7 Å². The van der Waals surface area contributed by atoms with E-state index < -0.39 is 0 Å². The van der Waals surface area contributed by atoms with Gasteiger partial charge in [-0.2, -0.15) is 0 Å². The summed E-state index contributed by atoms with van der Waals surface area (Å²) in [6.45, 7) is 9.53. The molecule has 2 unspecified atom stereocenters. The normalized spacial score (nSPS) is 14.4. The van der Waals surface area contributed by atoms with Gasteiger partial charge in [0.1, 0.15) is 11.9 Å². The minimum absolute atomic E-state index is 0.204. The molecule has 0 fully saturated rings. The smallest absolute Gasteiger partial charge is 0.122 e. The van der Waals surface area contributed by atoms with Crippen LogP contribution in [0, 0.1) is 6.92 Å². The Morgan fingerprint density at radius 1 is 1.24 bits per heavy atom. The summed E-state index contributed by atoms with van der Waals surface area (Å²) in [5, 5.41) is 3.50. The molecule has 0 aliphatic rings. The maximum Gasteiger partial charge on any atom is 0.122 e. The predicted octanol–water partition coefficient (Wildman–Crippen LogP) is 3.54. The molecule has 0 aliphatic heterocycles. The number of rotatable bonds is 7. The third kappa shape index (κ3) is 5.22. The van der Waals surface area contributed by atoms with Crippen LogP contribution in [0.15, 0.2) is 24.3 Å². The second-order valence-electron chi connectivity index (χ2n) is 4.79. The average Bonchev–Trinajstić information content (AvgIpc) is 2.30. The first-order valence-electron chi connectivity index (χ1n) is 6.59. The van der Waals surface area contributed by atoms with E-state index in [1.165, 1.54) is 18.4 Å². The zero-order valence-corrected chi connectivity index (χ0v) is 11.5. The van der Waals surface area contributed by atoms with E-state index in [1.807, 2.05) is 18.2 Å². The van der Waals surface area contributed by atoms with E-state index in [0.717, 1.165) is 12.3 Å². The highest BCUT2D eigenvalue weighted by atomic mass is 16.5. The Bertz CT molecular complexity index is 324. The van der Waals surface area contributed by atoms with Crippen molar-refractivity contribution in [3.63, 3.8) is 0 Å². The molecular formula is C15H25NO. The molecule has 1 aromatic rings. The number of ether oxygens (including phenoxy) is 1. The largest absolute Gasteiger partial charge is 0.489 e. The van der Waals surface area contributed by atoms with Crippen LogP contribution in [0.25, 0.3) is 0 Å². The summed E-state index contributed by atoms with van der Waals surface area (Å²) < 4.78 is 5.91. The Hall–Kier alpha value is -1.02. The van der Waals surface area contributed by atoms with Gasteiger partial charge in [0.05, 0.1) is 0 Å². The second-order valence-corrected chi connectivity index (χ2v) is 4.79. The van der Waals surface area contributed by atoms with Crippen molar-refractivity contribution >= 4 is 0 Å². The van der Waals surface area contributed by atoms with E-state index in [-0.39, 0.29) is 6.10 Å². The molecule has 0 amide bonds. The SMILES string of the molecule is CCCC(C)NCC(C)Oc1ccccc1C. The fourth-order valence-corrected chi connectivity index (χ4v) is 1.85. The second kappa shape index (κ2) is 7.33. The molecule has 0 saturated carbocycles. The zero-order valence-electron chi connectivity index (χ0n) is 11.5. The molecule has 0 saturated heterocycles. The van der Waals surface area contributed by atoms with Crippen LogP contribution >= 0.6 is 0 Å². The molecule has 0 heterocycles. The number of benzene rings is 1. The van der Waals surface area contributed by atoms with Gasteiger partial charge in [-0.05, 0) is 38.8 Å². The monoisotopic (exact) mass is 235 g/mol. The Morgan fingerprint density at radius 3 is 2.59 bits per heavy atom. The van der Waals surface area contributed by atoms with Crippen molar-refractivity contribution < 1.29 is 4.74 Å². The minimum Gasteiger partial charge on any atom is -0.489 e. The third-order valence-electron chi connectivity index (χ3n) is 2.90. The first-order chi connectivity index (χ1) is 8.13. The van der Waals surface area contributed by atoms with Crippen molar-refractivity contribution in [3.8, 4) is 5.75 Å². The van der Waals surface area contributed by atoms with Gasteiger partial charge in [0.25, 0.3) is 0 Å². The molecule has 0 spiro atoms. The van der Waals surface area contributed by atoms with E-state index in [1.54, 1.807) is 0 Å². The lowest BCUT2D eigenvalue weighted by atomic mass is 10.2. The first-order valence-corrected chi connectivity index (χ1v) is 6.59. The van der Waals surface area contributed by atoms with Crippen LogP contribution < -0.4 is 10.1 Å². The van der Waals surface area contributed by atoms with E-state index >= 15 is 0 Å².